The summed E-state index contributed by atoms with van der Waals surface area (Å²) in [4.78, 5) is 0. The summed E-state index contributed by atoms with van der Waals surface area (Å²) < 4.78 is 0. The summed E-state index contributed by atoms with van der Waals surface area (Å²) in [6.45, 7) is 13.7. The van der Waals surface area contributed by atoms with Crippen LogP contribution in [0.1, 0.15) is 67.7 Å². The van der Waals surface area contributed by atoms with Crippen molar-refractivity contribution in [2.24, 2.45) is 0 Å². The van der Waals surface area contributed by atoms with E-state index in [1.165, 1.54) is 31.3 Å². The van der Waals surface area contributed by atoms with Gasteiger partial charge in [0.15, 0.2) is 0 Å². The van der Waals surface area contributed by atoms with E-state index < -0.39 is 0 Å². The molecule has 0 amide bonds. The molecule has 0 N–H and O–H groups in total. The Hall–Kier alpha value is -0.780. The molecule has 16 heavy (non-hydrogen) atoms. The van der Waals surface area contributed by atoms with Gasteiger partial charge in [-0.25, -0.2) is 0 Å². The Kier molecular flexibility index (Phi) is 36.4. The predicted molar refractivity (Wildman–Crippen MR) is 82.0 cm³/mol. The van der Waals surface area contributed by atoms with Crippen molar-refractivity contribution in [3.8, 4) is 0 Å². The lowest BCUT2D eigenvalue weighted by Crippen LogP contribution is -1.80. The fraction of sp³-hybridized carbons (Fsp3) is 0.625. The number of allylic oxidation sites excluding steroid dienone is 4. The maximum absolute atomic E-state index is 3.76. The van der Waals surface area contributed by atoms with E-state index in [-0.39, 0.29) is 14.9 Å². The van der Waals surface area contributed by atoms with Gasteiger partial charge in [0.05, 0.1) is 0 Å². The summed E-state index contributed by atoms with van der Waals surface area (Å²) in [6, 6.07) is 0. The first-order valence-corrected chi connectivity index (χ1v) is 5.79. The van der Waals surface area contributed by atoms with Crippen LogP contribution in [0.5, 0.6) is 0 Å². The monoisotopic (exact) mass is 226 g/mol. The van der Waals surface area contributed by atoms with Gasteiger partial charge in [-0.2, -0.15) is 0 Å². The SMILES string of the molecule is C.C.C=C/C=C(\C=C)CCCCCC.CC. The molecule has 0 rings (SSSR count). The molecule has 0 radical (unpaired) electrons. The molecule has 0 aromatic rings. The topological polar surface area (TPSA) is 0 Å². The normalized spacial score (nSPS) is 8.81. The average molecular weight is 226 g/mol. The van der Waals surface area contributed by atoms with E-state index in [1.807, 2.05) is 32.1 Å². The quantitative estimate of drug-likeness (QED) is 0.341. The molecule has 0 heteroatoms. The zero-order valence-electron chi connectivity index (χ0n) is 10.2. The van der Waals surface area contributed by atoms with Gasteiger partial charge in [0.25, 0.3) is 0 Å². The highest BCUT2D eigenvalue weighted by molar-refractivity contribution is 5.20. The van der Waals surface area contributed by atoms with Gasteiger partial charge in [-0.3, -0.25) is 0 Å². The zero-order chi connectivity index (χ0) is 11.2. The summed E-state index contributed by atoms with van der Waals surface area (Å²) in [5, 5.41) is 0. The first-order valence-electron chi connectivity index (χ1n) is 5.79. The van der Waals surface area contributed by atoms with Gasteiger partial charge in [0.1, 0.15) is 0 Å². The summed E-state index contributed by atoms with van der Waals surface area (Å²) in [5.41, 5.74) is 1.31. The molecule has 98 valence electrons. The molecule has 0 saturated carbocycles. The second-order valence-electron chi connectivity index (χ2n) is 2.99. The van der Waals surface area contributed by atoms with Gasteiger partial charge in [-0.15, -0.1) is 0 Å². The first kappa shape index (κ1) is 24.4. The van der Waals surface area contributed by atoms with E-state index >= 15 is 0 Å². The third-order valence-electron chi connectivity index (χ3n) is 1.91. The number of rotatable bonds is 7. The number of hydrogen-bond donors (Lipinski definition) is 0. The van der Waals surface area contributed by atoms with Crippen molar-refractivity contribution < 1.29 is 0 Å². The van der Waals surface area contributed by atoms with Crippen molar-refractivity contribution in [1.29, 1.82) is 0 Å². The lowest BCUT2D eigenvalue weighted by Gasteiger charge is -1.99. The minimum Gasteiger partial charge on any atom is -0.0991 e. The third kappa shape index (κ3) is 18.9. The van der Waals surface area contributed by atoms with E-state index in [2.05, 4.69) is 20.1 Å². The van der Waals surface area contributed by atoms with Crippen LogP contribution in [0, 0.1) is 0 Å². The lowest BCUT2D eigenvalue weighted by molar-refractivity contribution is 0.668. The highest BCUT2D eigenvalue weighted by Gasteiger charge is 1.90. The number of unbranched alkanes of at least 4 members (excludes halogenated alkanes) is 3. The van der Waals surface area contributed by atoms with Gasteiger partial charge >= 0.3 is 0 Å². The van der Waals surface area contributed by atoms with Crippen LogP contribution in [-0.4, -0.2) is 0 Å². The van der Waals surface area contributed by atoms with E-state index in [4.69, 9.17) is 0 Å². The Morgan fingerprint density at radius 1 is 1.00 bits per heavy atom. The fourth-order valence-electron chi connectivity index (χ4n) is 1.16. The van der Waals surface area contributed by atoms with Crippen molar-refractivity contribution in [2.45, 2.75) is 67.7 Å². The molecular formula is C16H34. The Labute approximate surface area is 105 Å². The summed E-state index contributed by atoms with van der Waals surface area (Å²) >= 11 is 0. The lowest BCUT2D eigenvalue weighted by atomic mass is 10.1. The van der Waals surface area contributed by atoms with Crippen molar-refractivity contribution in [3.63, 3.8) is 0 Å². The highest BCUT2D eigenvalue weighted by Crippen LogP contribution is 2.10. The van der Waals surface area contributed by atoms with Gasteiger partial charge in [0.2, 0.25) is 0 Å². The summed E-state index contributed by atoms with van der Waals surface area (Å²) in [7, 11) is 0. The van der Waals surface area contributed by atoms with Crippen molar-refractivity contribution >= 4 is 0 Å². The van der Waals surface area contributed by atoms with Crippen LogP contribution in [0.4, 0.5) is 0 Å². The van der Waals surface area contributed by atoms with E-state index in [9.17, 15) is 0 Å². The van der Waals surface area contributed by atoms with Gasteiger partial charge < -0.3 is 0 Å². The van der Waals surface area contributed by atoms with E-state index in [0.717, 1.165) is 6.42 Å². The third-order valence-corrected chi connectivity index (χ3v) is 1.91. The molecule has 0 unspecified atom stereocenters. The molecule has 0 fully saturated rings. The van der Waals surface area contributed by atoms with Crippen molar-refractivity contribution in [1.82, 2.24) is 0 Å². The molecule has 0 nitrogen and oxygen atoms in total. The average Bonchev–Trinajstić information content (AvgIpc) is 2.25. The first-order chi connectivity index (χ1) is 6.85. The Morgan fingerprint density at radius 3 is 1.94 bits per heavy atom. The summed E-state index contributed by atoms with van der Waals surface area (Å²) in [5.74, 6) is 0. The van der Waals surface area contributed by atoms with Crippen molar-refractivity contribution in [3.05, 3.63) is 37.0 Å². The second kappa shape index (κ2) is 23.8. The van der Waals surface area contributed by atoms with Gasteiger partial charge in [0, 0.05) is 0 Å². The molecule has 0 aliphatic rings. The maximum atomic E-state index is 3.76. The largest absolute Gasteiger partial charge is 0.0991 e. The Morgan fingerprint density at radius 2 is 1.56 bits per heavy atom. The molecule has 0 aliphatic heterocycles. The molecule has 0 aromatic carbocycles. The van der Waals surface area contributed by atoms with E-state index in [0.29, 0.717) is 0 Å². The Bertz CT molecular complexity index is 151. The van der Waals surface area contributed by atoms with Gasteiger partial charge in [-0.05, 0) is 18.4 Å². The van der Waals surface area contributed by atoms with Crippen LogP contribution in [0.3, 0.4) is 0 Å². The maximum Gasteiger partial charge on any atom is -0.0279 e. The number of hydrogen-bond acceptors (Lipinski definition) is 0. The van der Waals surface area contributed by atoms with Crippen molar-refractivity contribution in [2.75, 3.05) is 0 Å². The Balaban J connectivity index is -0.000000169. The molecule has 0 saturated heterocycles. The smallest absolute Gasteiger partial charge is 0.0279 e. The standard InChI is InChI=1S/C12H20.C2H6.2CH4/c1-4-7-8-9-11-12(6-3)10-5-2;1-2;;/h5-6,10H,2-4,7-9,11H2,1H3;1-2H3;2*1H4/b12-10+;;;. The predicted octanol–water partition coefficient (Wildman–Crippen LogP) is 6.55. The van der Waals surface area contributed by atoms with E-state index in [1.54, 1.807) is 0 Å². The minimum absolute atomic E-state index is 0. The molecule has 0 aromatic heterocycles. The second-order valence-corrected chi connectivity index (χ2v) is 2.99. The molecule has 0 bridgehead atoms. The van der Waals surface area contributed by atoms with Gasteiger partial charge in [-0.1, -0.05) is 86.3 Å². The zero-order valence-corrected chi connectivity index (χ0v) is 10.2. The molecule has 0 spiro atoms. The minimum atomic E-state index is 0. The highest BCUT2D eigenvalue weighted by atomic mass is 14.0. The fourth-order valence-corrected chi connectivity index (χ4v) is 1.16. The molecule has 0 aliphatic carbocycles. The van der Waals surface area contributed by atoms with Crippen LogP contribution < -0.4 is 0 Å². The summed E-state index contributed by atoms with van der Waals surface area (Å²) in [6.07, 6.45) is 12.2. The molecular weight excluding hydrogens is 192 g/mol. The molecule has 0 atom stereocenters. The molecule has 0 heterocycles. The van der Waals surface area contributed by atoms with Crippen LogP contribution in [0.25, 0.3) is 0 Å². The van der Waals surface area contributed by atoms with Crippen LogP contribution in [-0.2, 0) is 0 Å². The van der Waals surface area contributed by atoms with Crippen LogP contribution >= 0.6 is 0 Å². The van der Waals surface area contributed by atoms with Crippen LogP contribution in [0.15, 0.2) is 37.0 Å². The van der Waals surface area contributed by atoms with Crippen LogP contribution in [0.2, 0.25) is 0 Å².